The zero-order valence-electron chi connectivity index (χ0n) is 17.9. The average molecular weight is 428 g/mol. The maximum absolute atomic E-state index is 13.3. The molecular formula is C24H24N6O2. The van der Waals surface area contributed by atoms with Crippen molar-refractivity contribution in [1.29, 1.82) is 5.26 Å². The van der Waals surface area contributed by atoms with Crippen molar-refractivity contribution in [2.45, 2.75) is 13.5 Å². The van der Waals surface area contributed by atoms with E-state index in [1.165, 1.54) is 16.0 Å². The molecule has 32 heavy (non-hydrogen) atoms. The third kappa shape index (κ3) is 4.24. The Balaban J connectivity index is 1.71. The lowest BCUT2D eigenvalue weighted by Crippen LogP contribution is -2.47. The molecule has 0 spiro atoms. The second kappa shape index (κ2) is 9.04. The Kier molecular flexibility index (Phi) is 6.01. The Labute approximate surface area is 185 Å². The van der Waals surface area contributed by atoms with Gasteiger partial charge in [-0.05, 0) is 30.2 Å². The van der Waals surface area contributed by atoms with Crippen LogP contribution in [-0.4, -0.2) is 46.4 Å². The number of carbonyl (C=O) groups excluding carboxylic acids is 1. The lowest BCUT2D eigenvalue weighted by atomic mass is 10.1. The Bertz CT molecular complexity index is 1280. The number of piperazine rings is 1. The van der Waals surface area contributed by atoms with Gasteiger partial charge < -0.3 is 10.6 Å². The van der Waals surface area contributed by atoms with Gasteiger partial charge in [-0.2, -0.15) is 5.26 Å². The molecule has 3 aromatic rings. The molecule has 0 atom stereocenters. The van der Waals surface area contributed by atoms with Crippen LogP contribution in [-0.2, 0) is 11.3 Å². The highest BCUT2D eigenvalue weighted by atomic mass is 16.1. The molecule has 0 unspecified atom stereocenters. The summed E-state index contributed by atoms with van der Waals surface area (Å²) in [6.45, 7) is 5.68. The van der Waals surface area contributed by atoms with E-state index in [1.807, 2.05) is 36.1 Å². The van der Waals surface area contributed by atoms with Crippen molar-refractivity contribution in [3.63, 3.8) is 0 Å². The summed E-state index contributed by atoms with van der Waals surface area (Å²) in [6, 6.07) is 15.7. The number of amides is 1. The van der Waals surface area contributed by atoms with Gasteiger partial charge in [-0.1, -0.05) is 36.4 Å². The maximum atomic E-state index is 13.3. The number of nitrogens with two attached hydrogens (primary N) is 1. The number of fused-ring (bicyclic) bond motifs is 1. The first-order valence-corrected chi connectivity index (χ1v) is 10.4. The molecule has 2 N–H and O–H groups in total. The maximum Gasteiger partial charge on any atom is 0.267 e. The highest BCUT2D eigenvalue weighted by Gasteiger charge is 2.23. The highest BCUT2D eigenvalue weighted by molar-refractivity contribution is 6.01. The van der Waals surface area contributed by atoms with Crippen molar-refractivity contribution in [3.05, 3.63) is 81.3 Å². The van der Waals surface area contributed by atoms with Crippen LogP contribution in [0.5, 0.6) is 0 Å². The molecule has 3 heterocycles. The van der Waals surface area contributed by atoms with Gasteiger partial charge in [0.05, 0.1) is 5.56 Å². The molecule has 1 fully saturated rings. The van der Waals surface area contributed by atoms with Crippen molar-refractivity contribution in [2.24, 2.45) is 5.73 Å². The molecule has 8 heteroatoms. The lowest BCUT2D eigenvalue weighted by molar-refractivity contribution is -0.114. The van der Waals surface area contributed by atoms with Crippen LogP contribution in [0, 0.1) is 18.3 Å². The second-order valence-corrected chi connectivity index (χ2v) is 7.82. The zero-order chi connectivity index (χ0) is 22.7. The van der Waals surface area contributed by atoms with E-state index in [0.717, 1.165) is 25.2 Å². The standard InChI is InChI=1S/C24H24N6O2/c1-17-6-5-9-30-22(17)27-23(20(24(30)32)14-19(15-25)21(26)31)29-12-10-28(11-13-29)16-18-7-3-2-4-8-18/h2-9,14H,10-13,16H2,1H3,(H2,26,31)/b19-14+. The van der Waals surface area contributed by atoms with Gasteiger partial charge in [0, 0.05) is 38.9 Å². The highest BCUT2D eigenvalue weighted by Crippen LogP contribution is 2.22. The van der Waals surface area contributed by atoms with Gasteiger partial charge in [-0.3, -0.25) is 18.9 Å². The number of primary amides is 1. The topological polar surface area (TPSA) is 108 Å². The molecule has 1 amide bonds. The number of carbonyl (C=O) groups is 1. The summed E-state index contributed by atoms with van der Waals surface area (Å²) in [6.07, 6.45) is 2.89. The van der Waals surface area contributed by atoms with Crippen molar-refractivity contribution < 1.29 is 4.79 Å². The Morgan fingerprint density at radius 1 is 1.16 bits per heavy atom. The van der Waals surface area contributed by atoms with E-state index in [9.17, 15) is 14.9 Å². The predicted octanol–water partition coefficient (Wildman–Crippen LogP) is 1.72. The SMILES string of the molecule is Cc1cccn2c(=O)c(/C=C(\C#N)C(N)=O)c(N3CCN(Cc4ccccc4)CC3)nc12. The molecule has 1 aromatic carbocycles. The third-order valence-electron chi connectivity index (χ3n) is 5.66. The summed E-state index contributed by atoms with van der Waals surface area (Å²) < 4.78 is 1.44. The van der Waals surface area contributed by atoms with E-state index in [4.69, 9.17) is 10.7 Å². The molecule has 4 rings (SSSR count). The summed E-state index contributed by atoms with van der Waals surface area (Å²) in [5.74, 6) is -0.405. The molecule has 0 saturated carbocycles. The average Bonchev–Trinajstić information content (AvgIpc) is 2.80. The fraction of sp³-hybridized carbons (Fsp3) is 0.250. The minimum absolute atomic E-state index is 0.194. The Morgan fingerprint density at radius 2 is 1.88 bits per heavy atom. The molecule has 162 valence electrons. The van der Waals surface area contributed by atoms with Crippen LogP contribution in [0.1, 0.15) is 16.7 Å². The van der Waals surface area contributed by atoms with Crippen molar-refractivity contribution in [2.75, 3.05) is 31.1 Å². The first-order valence-electron chi connectivity index (χ1n) is 10.4. The number of pyridine rings is 1. The monoisotopic (exact) mass is 428 g/mol. The van der Waals surface area contributed by atoms with E-state index in [1.54, 1.807) is 18.3 Å². The van der Waals surface area contributed by atoms with E-state index in [0.29, 0.717) is 24.6 Å². The van der Waals surface area contributed by atoms with Crippen LogP contribution < -0.4 is 16.2 Å². The number of nitrogens with zero attached hydrogens (tertiary/aromatic N) is 5. The first kappa shape index (κ1) is 21.3. The lowest BCUT2D eigenvalue weighted by Gasteiger charge is -2.36. The van der Waals surface area contributed by atoms with Crippen molar-refractivity contribution in [3.8, 4) is 6.07 Å². The molecule has 8 nitrogen and oxygen atoms in total. The van der Waals surface area contributed by atoms with Gasteiger partial charge in [-0.15, -0.1) is 0 Å². The fourth-order valence-electron chi connectivity index (χ4n) is 3.93. The number of aryl methyl sites for hydroxylation is 1. The van der Waals surface area contributed by atoms with Crippen LogP contribution in [0.15, 0.2) is 59.0 Å². The molecule has 1 saturated heterocycles. The number of hydrogen-bond donors (Lipinski definition) is 1. The van der Waals surface area contributed by atoms with E-state index in [2.05, 4.69) is 17.0 Å². The van der Waals surface area contributed by atoms with E-state index >= 15 is 0 Å². The van der Waals surface area contributed by atoms with Crippen molar-refractivity contribution in [1.82, 2.24) is 14.3 Å². The number of nitriles is 1. The first-order chi connectivity index (χ1) is 15.5. The minimum Gasteiger partial charge on any atom is -0.365 e. The van der Waals surface area contributed by atoms with Crippen LogP contribution in [0.4, 0.5) is 5.82 Å². The number of rotatable bonds is 5. The van der Waals surface area contributed by atoms with Crippen LogP contribution >= 0.6 is 0 Å². The van der Waals surface area contributed by atoms with Gasteiger partial charge >= 0.3 is 0 Å². The molecule has 1 aliphatic rings. The van der Waals surface area contributed by atoms with Gasteiger partial charge in [0.15, 0.2) is 0 Å². The second-order valence-electron chi connectivity index (χ2n) is 7.82. The molecule has 0 aliphatic carbocycles. The fourth-order valence-corrected chi connectivity index (χ4v) is 3.93. The smallest absolute Gasteiger partial charge is 0.267 e. The van der Waals surface area contributed by atoms with Gasteiger partial charge in [-0.25, -0.2) is 4.98 Å². The van der Waals surface area contributed by atoms with E-state index in [-0.39, 0.29) is 16.7 Å². The number of aromatic nitrogens is 2. The number of benzene rings is 1. The molecule has 0 radical (unpaired) electrons. The summed E-state index contributed by atoms with van der Waals surface area (Å²) in [4.78, 5) is 34.1. The molecule has 2 aromatic heterocycles. The predicted molar refractivity (Wildman–Crippen MR) is 123 cm³/mol. The summed E-state index contributed by atoms with van der Waals surface area (Å²) >= 11 is 0. The Hall–Kier alpha value is -3.96. The molecule has 1 aliphatic heterocycles. The molecule has 0 bridgehead atoms. The zero-order valence-corrected chi connectivity index (χ0v) is 17.9. The third-order valence-corrected chi connectivity index (χ3v) is 5.66. The van der Waals surface area contributed by atoms with Gasteiger partial charge in [0.2, 0.25) is 0 Å². The molecular weight excluding hydrogens is 404 g/mol. The summed E-state index contributed by atoms with van der Waals surface area (Å²) in [5.41, 5.74) is 7.56. The Morgan fingerprint density at radius 3 is 2.53 bits per heavy atom. The van der Waals surface area contributed by atoms with Crippen LogP contribution in [0.25, 0.3) is 11.7 Å². The summed E-state index contributed by atoms with van der Waals surface area (Å²) in [7, 11) is 0. The largest absolute Gasteiger partial charge is 0.365 e. The van der Waals surface area contributed by atoms with Gasteiger partial charge in [0.25, 0.3) is 11.5 Å². The normalized spacial score (nSPS) is 15.0. The number of hydrogen-bond acceptors (Lipinski definition) is 6. The van der Waals surface area contributed by atoms with Gasteiger partial charge in [0.1, 0.15) is 23.1 Å². The van der Waals surface area contributed by atoms with Crippen LogP contribution in [0.2, 0.25) is 0 Å². The van der Waals surface area contributed by atoms with Crippen LogP contribution in [0.3, 0.4) is 0 Å². The van der Waals surface area contributed by atoms with E-state index < -0.39 is 5.91 Å². The quantitative estimate of drug-likeness (QED) is 0.490. The van der Waals surface area contributed by atoms with Crippen molar-refractivity contribution >= 4 is 23.4 Å². The minimum atomic E-state index is -0.875. The summed E-state index contributed by atoms with van der Waals surface area (Å²) in [5, 5.41) is 9.31. The number of anilines is 1.